The molecule has 24 heavy (non-hydrogen) atoms. The van der Waals surface area contributed by atoms with E-state index in [4.69, 9.17) is 11.6 Å². The van der Waals surface area contributed by atoms with Crippen LogP contribution in [0.3, 0.4) is 0 Å². The van der Waals surface area contributed by atoms with Gasteiger partial charge >= 0.3 is 0 Å². The molecule has 126 valence electrons. The maximum Gasteiger partial charge on any atom is 0.223 e. The minimum Gasteiger partial charge on any atom is -0.339 e. The van der Waals surface area contributed by atoms with Crippen molar-refractivity contribution in [2.45, 2.75) is 31.8 Å². The van der Waals surface area contributed by atoms with Crippen LogP contribution in [0.25, 0.3) is 0 Å². The zero-order valence-electron chi connectivity index (χ0n) is 13.6. The van der Waals surface area contributed by atoms with E-state index in [1.807, 2.05) is 40.5 Å². The maximum atomic E-state index is 12.3. The molecule has 1 saturated heterocycles. The number of rotatable bonds is 4. The number of nitrogens with zero attached hydrogens (tertiary/aromatic N) is 2. The van der Waals surface area contributed by atoms with E-state index in [0.29, 0.717) is 12.5 Å². The monoisotopic (exact) mass is 360 g/mol. The number of carbonyl (C=O) groups is 1. The lowest BCUT2D eigenvalue weighted by Crippen LogP contribution is -2.61. The average Bonchev–Trinajstić information content (AvgIpc) is 2.99. The number of hydrogen-bond donors (Lipinski definition) is 0. The average molecular weight is 361 g/mol. The molecule has 5 heteroatoms. The van der Waals surface area contributed by atoms with Crippen molar-refractivity contribution >= 4 is 28.8 Å². The lowest BCUT2D eigenvalue weighted by molar-refractivity contribution is -0.138. The molecule has 0 unspecified atom stereocenters. The molecule has 0 bridgehead atoms. The standard InChI is InChI=1S/C19H21ClN2OS/c20-16-3-1-2-14(10-16)4-5-19(23)22-12-17(13-22)21-8-6-18-15(11-21)7-9-24-18/h1-3,7,9-10,17H,4-6,8,11-13H2. The van der Waals surface area contributed by atoms with Gasteiger partial charge in [0, 0.05) is 48.5 Å². The van der Waals surface area contributed by atoms with Crippen molar-refractivity contribution in [1.29, 1.82) is 0 Å². The molecule has 2 aromatic rings. The molecule has 1 fully saturated rings. The van der Waals surface area contributed by atoms with E-state index >= 15 is 0 Å². The Bertz CT molecular complexity index is 738. The van der Waals surface area contributed by atoms with Crippen molar-refractivity contribution in [3.05, 3.63) is 56.7 Å². The highest BCUT2D eigenvalue weighted by Gasteiger charge is 2.35. The topological polar surface area (TPSA) is 23.6 Å². The predicted octanol–water partition coefficient (Wildman–Crippen LogP) is 3.60. The zero-order valence-corrected chi connectivity index (χ0v) is 15.2. The number of thiophene rings is 1. The van der Waals surface area contributed by atoms with Gasteiger partial charge in [-0.2, -0.15) is 0 Å². The molecule has 0 spiro atoms. The fourth-order valence-corrected chi connectivity index (χ4v) is 4.68. The van der Waals surface area contributed by atoms with Crippen LogP contribution in [0, 0.1) is 0 Å². The van der Waals surface area contributed by atoms with Crippen LogP contribution in [0.4, 0.5) is 0 Å². The zero-order chi connectivity index (χ0) is 16.5. The van der Waals surface area contributed by atoms with E-state index in [0.717, 1.165) is 49.6 Å². The minimum atomic E-state index is 0.263. The fraction of sp³-hybridized carbons (Fsp3) is 0.421. The number of aryl methyl sites for hydroxylation is 1. The van der Waals surface area contributed by atoms with Gasteiger partial charge in [0.2, 0.25) is 5.91 Å². The van der Waals surface area contributed by atoms with E-state index in [9.17, 15) is 4.79 Å². The van der Waals surface area contributed by atoms with Crippen molar-refractivity contribution in [3.63, 3.8) is 0 Å². The van der Waals surface area contributed by atoms with Crippen molar-refractivity contribution < 1.29 is 4.79 Å². The molecule has 2 aliphatic heterocycles. The van der Waals surface area contributed by atoms with Crippen LogP contribution in [-0.2, 0) is 24.2 Å². The second-order valence-electron chi connectivity index (χ2n) is 6.67. The second-order valence-corrected chi connectivity index (χ2v) is 8.11. The Morgan fingerprint density at radius 3 is 3.00 bits per heavy atom. The predicted molar refractivity (Wildman–Crippen MR) is 98.6 cm³/mol. The van der Waals surface area contributed by atoms with E-state index in [-0.39, 0.29) is 5.91 Å². The minimum absolute atomic E-state index is 0.263. The molecule has 4 rings (SSSR count). The Labute approximate surface area is 151 Å². The van der Waals surface area contributed by atoms with Gasteiger partial charge in [-0.3, -0.25) is 9.69 Å². The number of halogens is 1. The summed E-state index contributed by atoms with van der Waals surface area (Å²) in [6.45, 7) is 3.94. The molecular weight excluding hydrogens is 340 g/mol. The lowest BCUT2D eigenvalue weighted by Gasteiger charge is -2.46. The first-order valence-electron chi connectivity index (χ1n) is 8.50. The third-order valence-electron chi connectivity index (χ3n) is 5.09. The quantitative estimate of drug-likeness (QED) is 0.831. The molecule has 1 amide bonds. The maximum absolute atomic E-state index is 12.3. The van der Waals surface area contributed by atoms with Gasteiger partial charge < -0.3 is 4.90 Å². The molecule has 0 radical (unpaired) electrons. The summed E-state index contributed by atoms with van der Waals surface area (Å²) in [5.74, 6) is 0.263. The number of likely N-dealkylation sites (tertiary alicyclic amines) is 1. The van der Waals surface area contributed by atoms with E-state index in [1.165, 1.54) is 5.56 Å². The van der Waals surface area contributed by atoms with Crippen molar-refractivity contribution in [3.8, 4) is 0 Å². The van der Waals surface area contributed by atoms with Crippen LogP contribution < -0.4 is 0 Å². The van der Waals surface area contributed by atoms with E-state index in [2.05, 4.69) is 16.3 Å². The second kappa shape index (κ2) is 6.87. The van der Waals surface area contributed by atoms with Crippen LogP contribution in [0.2, 0.25) is 5.02 Å². The first kappa shape index (κ1) is 16.1. The molecule has 3 heterocycles. The van der Waals surface area contributed by atoms with Crippen molar-refractivity contribution in [2.24, 2.45) is 0 Å². The van der Waals surface area contributed by atoms with Crippen LogP contribution in [0.1, 0.15) is 22.4 Å². The summed E-state index contributed by atoms with van der Waals surface area (Å²) in [5.41, 5.74) is 2.62. The molecule has 0 atom stereocenters. The molecule has 3 nitrogen and oxygen atoms in total. The molecule has 0 aliphatic carbocycles. The molecule has 2 aliphatic rings. The lowest BCUT2D eigenvalue weighted by atomic mass is 10.0. The van der Waals surface area contributed by atoms with Gasteiger partial charge in [-0.1, -0.05) is 23.7 Å². The third kappa shape index (κ3) is 3.37. The summed E-state index contributed by atoms with van der Waals surface area (Å²) >= 11 is 7.87. The highest BCUT2D eigenvalue weighted by Crippen LogP contribution is 2.28. The normalized spacial score (nSPS) is 18.3. The molecule has 0 saturated carbocycles. The number of carbonyl (C=O) groups excluding carboxylic acids is 1. The Balaban J connectivity index is 1.25. The van der Waals surface area contributed by atoms with Crippen molar-refractivity contribution in [1.82, 2.24) is 9.80 Å². The largest absolute Gasteiger partial charge is 0.339 e. The van der Waals surface area contributed by atoms with Gasteiger partial charge in [0.1, 0.15) is 0 Å². The summed E-state index contributed by atoms with van der Waals surface area (Å²) < 4.78 is 0. The Morgan fingerprint density at radius 1 is 1.29 bits per heavy atom. The summed E-state index contributed by atoms with van der Waals surface area (Å²) in [5, 5.41) is 2.93. The molecular formula is C19H21ClN2OS. The Hall–Kier alpha value is -1.36. The van der Waals surface area contributed by atoms with E-state index in [1.54, 1.807) is 4.88 Å². The number of benzene rings is 1. The Kier molecular flexibility index (Phi) is 4.61. The summed E-state index contributed by atoms with van der Waals surface area (Å²) in [6, 6.07) is 10.6. The molecule has 1 aromatic heterocycles. The summed E-state index contributed by atoms with van der Waals surface area (Å²) in [7, 11) is 0. The Morgan fingerprint density at radius 2 is 2.17 bits per heavy atom. The van der Waals surface area contributed by atoms with Gasteiger partial charge in [0.15, 0.2) is 0 Å². The smallest absolute Gasteiger partial charge is 0.223 e. The van der Waals surface area contributed by atoms with Gasteiger partial charge in [0.25, 0.3) is 0 Å². The van der Waals surface area contributed by atoms with Gasteiger partial charge in [0.05, 0.1) is 0 Å². The number of hydrogen-bond acceptors (Lipinski definition) is 3. The summed E-state index contributed by atoms with van der Waals surface area (Å²) in [4.78, 5) is 18.4. The fourth-order valence-electron chi connectivity index (χ4n) is 3.57. The molecule has 0 N–H and O–H groups in total. The SMILES string of the molecule is O=C(CCc1cccc(Cl)c1)N1CC(N2CCc3sccc3C2)C1. The highest BCUT2D eigenvalue weighted by atomic mass is 35.5. The number of fused-ring (bicyclic) bond motifs is 1. The summed E-state index contributed by atoms with van der Waals surface area (Å²) in [6.07, 6.45) is 2.50. The van der Waals surface area contributed by atoms with Gasteiger partial charge in [-0.05, 0) is 47.5 Å². The first-order valence-corrected chi connectivity index (χ1v) is 9.76. The molecule has 1 aromatic carbocycles. The van der Waals surface area contributed by atoms with Crippen LogP contribution in [-0.4, -0.2) is 41.4 Å². The van der Waals surface area contributed by atoms with E-state index < -0.39 is 0 Å². The van der Waals surface area contributed by atoms with Crippen LogP contribution >= 0.6 is 22.9 Å². The van der Waals surface area contributed by atoms with Gasteiger partial charge in [-0.15, -0.1) is 11.3 Å². The van der Waals surface area contributed by atoms with Gasteiger partial charge in [-0.25, -0.2) is 0 Å². The third-order valence-corrected chi connectivity index (χ3v) is 6.34. The van der Waals surface area contributed by atoms with Crippen LogP contribution in [0.15, 0.2) is 35.7 Å². The van der Waals surface area contributed by atoms with Crippen LogP contribution in [0.5, 0.6) is 0 Å². The number of amides is 1. The first-order chi connectivity index (χ1) is 11.7. The highest BCUT2D eigenvalue weighted by molar-refractivity contribution is 7.10. The van der Waals surface area contributed by atoms with Crippen molar-refractivity contribution in [2.75, 3.05) is 19.6 Å².